The first-order valence-electron chi connectivity index (χ1n) is 7.32. The lowest BCUT2D eigenvalue weighted by atomic mass is 10.1. The van der Waals surface area contributed by atoms with E-state index in [9.17, 15) is 22.0 Å². The molecule has 2 aromatic rings. The normalized spacial score (nSPS) is 14.4. The Labute approximate surface area is 146 Å². The van der Waals surface area contributed by atoms with Crippen LogP contribution >= 0.6 is 11.5 Å². The standard InChI is InChI=1S/C15H14F2N2O4S2/c1-25(21,22)13-6-12(19-24-13)23-7-9-4-8(5-11(16)14(9)17)15(20)18-10-2-3-10/h4-6,10H,2-3,7H2,1H3,(H,18,20). The van der Waals surface area contributed by atoms with Gasteiger partial charge in [-0.2, -0.15) is 4.37 Å². The molecule has 1 aromatic heterocycles. The minimum absolute atomic E-state index is 0.000460. The van der Waals surface area contributed by atoms with Gasteiger partial charge >= 0.3 is 0 Å². The maximum Gasteiger partial charge on any atom is 0.251 e. The van der Waals surface area contributed by atoms with E-state index in [-0.39, 0.29) is 33.9 Å². The molecular formula is C15H14F2N2O4S2. The van der Waals surface area contributed by atoms with E-state index in [2.05, 4.69) is 9.69 Å². The molecule has 1 aromatic carbocycles. The molecule has 0 atom stereocenters. The van der Waals surface area contributed by atoms with Crippen LogP contribution in [0.3, 0.4) is 0 Å². The van der Waals surface area contributed by atoms with E-state index >= 15 is 0 Å². The molecule has 1 amide bonds. The van der Waals surface area contributed by atoms with Gasteiger partial charge in [-0.05, 0) is 36.5 Å². The van der Waals surface area contributed by atoms with Crippen molar-refractivity contribution in [1.29, 1.82) is 0 Å². The molecule has 1 heterocycles. The first kappa shape index (κ1) is 17.7. The molecule has 6 nitrogen and oxygen atoms in total. The number of aromatic nitrogens is 1. The second-order valence-electron chi connectivity index (χ2n) is 5.72. The van der Waals surface area contributed by atoms with Crippen molar-refractivity contribution in [2.24, 2.45) is 0 Å². The highest BCUT2D eigenvalue weighted by atomic mass is 32.2. The zero-order valence-corrected chi connectivity index (χ0v) is 14.7. The van der Waals surface area contributed by atoms with Gasteiger partial charge in [-0.1, -0.05) is 0 Å². The summed E-state index contributed by atoms with van der Waals surface area (Å²) in [6.07, 6.45) is 2.77. The second-order valence-corrected chi connectivity index (χ2v) is 8.77. The predicted molar refractivity (Wildman–Crippen MR) is 86.4 cm³/mol. The van der Waals surface area contributed by atoms with E-state index in [1.54, 1.807) is 0 Å². The van der Waals surface area contributed by atoms with Crippen LogP contribution in [0.5, 0.6) is 5.88 Å². The Balaban J connectivity index is 1.75. The molecule has 0 spiro atoms. The molecular weight excluding hydrogens is 374 g/mol. The van der Waals surface area contributed by atoms with E-state index in [0.717, 1.165) is 36.7 Å². The van der Waals surface area contributed by atoms with Gasteiger partial charge in [0.15, 0.2) is 21.5 Å². The van der Waals surface area contributed by atoms with Crippen LogP contribution in [0.4, 0.5) is 8.78 Å². The van der Waals surface area contributed by atoms with Crippen LogP contribution in [-0.4, -0.2) is 31.0 Å². The minimum atomic E-state index is -3.41. The van der Waals surface area contributed by atoms with Crippen LogP contribution < -0.4 is 10.1 Å². The molecule has 25 heavy (non-hydrogen) atoms. The first-order valence-corrected chi connectivity index (χ1v) is 9.99. The van der Waals surface area contributed by atoms with E-state index in [4.69, 9.17) is 4.74 Å². The number of hydrogen-bond acceptors (Lipinski definition) is 6. The summed E-state index contributed by atoms with van der Waals surface area (Å²) in [5.74, 6) is -2.77. The number of nitrogens with zero attached hydrogens (tertiary/aromatic N) is 1. The second kappa shape index (κ2) is 6.68. The van der Waals surface area contributed by atoms with E-state index < -0.39 is 27.4 Å². The van der Waals surface area contributed by atoms with Crippen molar-refractivity contribution in [2.75, 3.05) is 6.26 Å². The molecule has 0 saturated heterocycles. The van der Waals surface area contributed by atoms with Crippen LogP contribution in [0, 0.1) is 11.6 Å². The summed E-state index contributed by atoms with van der Waals surface area (Å²) in [4.78, 5) is 12.0. The Morgan fingerprint density at radius 1 is 1.36 bits per heavy atom. The lowest BCUT2D eigenvalue weighted by Crippen LogP contribution is -2.25. The molecule has 0 bridgehead atoms. The number of benzene rings is 1. The van der Waals surface area contributed by atoms with Crippen molar-refractivity contribution < 1.29 is 26.7 Å². The maximum absolute atomic E-state index is 13.9. The fraction of sp³-hybridized carbons (Fsp3) is 0.333. The highest BCUT2D eigenvalue weighted by Crippen LogP contribution is 2.24. The van der Waals surface area contributed by atoms with Crippen LogP contribution in [0.1, 0.15) is 28.8 Å². The van der Waals surface area contributed by atoms with Crippen molar-refractivity contribution in [1.82, 2.24) is 9.69 Å². The van der Waals surface area contributed by atoms with E-state index in [0.29, 0.717) is 0 Å². The van der Waals surface area contributed by atoms with Gasteiger partial charge in [0, 0.05) is 29.5 Å². The fourth-order valence-corrected chi connectivity index (χ4v) is 3.42. The van der Waals surface area contributed by atoms with Gasteiger partial charge in [-0.15, -0.1) is 0 Å². The minimum Gasteiger partial charge on any atom is -0.472 e. The average Bonchev–Trinajstić information content (AvgIpc) is 3.20. The van der Waals surface area contributed by atoms with Gasteiger partial charge < -0.3 is 10.1 Å². The molecule has 1 aliphatic rings. The van der Waals surface area contributed by atoms with Gasteiger partial charge in [0.2, 0.25) is 5.88 Å². The molecule has 1 fully saturated rings. The molecule has 1 aliphatic carbocycles. The first-order chi connectivity index (χ1) is 11.7. The van der Waals surface area contributed by atoms with Crippen molar-refractivity contribution in [3.05, 3.63) is 41.0 Å². The van der Waals surface area contributed by atoms with Crippen molar-refractivity contribution in [2.45, 2.75) is 29.7 Å². The van der Waals surface area contributed by atoms with Crippen LogP contribution in [0.15, 0.2) is 22.4 Å². The van der Waals surface area contributed by atoms with Crippen molar-refractivity contribution in [3.63, 3.8) is 0 Å². The van der Waals surface area contributed by atoms with Gasteiger partial charge in [0.05, 0.1) is 0 Å². The quantitative estimate of drug-likeness (QED) is 0.821. The van der Waals surface area contributed by atoms with Crippen LogP contribution in [0.2, 0.25) is 0 Å². The lowest BCUT2D eigenvalue weighted by Gasteiger charge is -2.09. The summed E-state index contributed by atoms with van der Waals surface area (Å²) in [5.41, 5.74) is -0.158. The number of rotatable bonds is 6. The number of nitrogens with one attached hydrogen (secondary N) is 1. The molecule has 134 valence electrons. The molecule has 1 saturated carbocycles. The third kappa shape index (κ3) is 4.31. The Hall–Kier alpha value is -2.07. The van der Waals surface area contributed by atoms with Crippen LogP contribution in [-0.2, 0) is 16.4 Å². The molecule has 0 aliphatic heterocycles. The molecule has 10 heteroatoms. The molecule has 0 unspecified atom stereocenters. The third-order valence-corrected chi connectivity index (χ3v) is 6.04. The number of sulfone groups is 1. The summed E-state index contributed by atoms with van der Waals surface area (Å²) in [6.45, 7) is -0.389. The number of hydrogen-bond donors (Lipinski definition) is 1. The summed E-state index contributed by atoms with van der Waals surface area (Å²) in [5, 5.41) is 2.69. The van der Waals surface area contributed by atoms with Gasteiger partial charge in [-0.3, -0.25) is 4.79 Å². The highest BCUT2D eigenvalue weighted by molar-refractivity contribution is 7.92. The zero-order valence-electron chi connectivity index (χ0n) is 13.1. The smallest absolute Gasteiger partial charge is 0.251 e. The largest absolute Gasteiger partial charge is 0.472 e. The van der Waals surface area contributed by atoms with E-state index in [1.165, 1.54) is 12.1 Å². The Kier molecular flexibility index (Phi) is 4.74. The van der Waals surface area contributed by atoms with Crippen molar-refractivity contribution in [3.8, 4) is 5.88 Å². The average molecular weight is 388 g/mol. The maximum atomic E-state index is 13.9. The SMILES string of the molecule is CS(=O)(=O)c1cc(OCc2cc(C(=O)NC3CC3)cc(F)c2F)ns1. The Morgan fingerprint density at radius 3 is 2.68 bits per heavy atom. The van der Waals surface area contributed by atoms with Gasteiger partial charge in [0.25, 0.3) is 5.91 Å². The summed E-state index contributed by atoms with van der Waals surface area (Å²) in [6, 6.07) is 3.34. The Morgan fingerprint density at radius 2 is 2.08 bits per heavy atom. The highest BCUT2D eigenvalue weighted by Gasteiger charge is 2.25. The van der Waals surface area contributed by atoms with E-state index in [1.807, 2.05) is 0 Å². The number of carbonyl (C=O) groups is 1. The number of amides is 1. The summed E-state index contributed by atoms with van der Waals surface area (Å²) in [7, 11) is -3.41. The molecule has 1 N–H and O–H groups in total. The summed E-state index contributed by atoms with van der Waals surface area (Å²) < 4.78 is 59.5. The van der Waals surface area contributed by atoms with Crippen molar-refractivity contribution >= 4 is 27.3 Å². The monoisotopic (exact) mass is 388 g/mol. The van der Waals surface area contributed by atoms with Crippen LogP contribution in [0.25, 0.3) is 0 Å². The van der Waals surface area contributed by atoms with Gasteiger partial charge in [-0.25, -0.2) is 17.2 Å². The third-order valence-electron chi connectivity index (χ3n) is 3.49. The van der Waals surface area contributed by atoms with Gasteiger partial charge in [0.1, 0.15) is 10.8 Å². The zero-order chi connectivity index (χ0) is 18.2. The topological polar surface area (TPSA) is 85.4 Å². The fourth-order valence-electron chi connectivity index (χ4n) is 2.02. The number of carbonyl (C=O) groups excluding carboxylic acids is 1. The molecule has 3 rings (SSSR count). The Bertz CT molecular complexity index is 924. The molecule has 0 radical (unpaired) electrons. The predicted octanol–water partition coefficient (Wildman–Crippen LogP) is 2.30. The number of ether oxygens (including phenoxy) is 1. The number of halogens is 2. The summed E-state index contributed by atoms with van der Waals surface area (Å²) >= 11 is 0.726. The lowest BCUT2D eigenvalue weighted by molar-refractivity contribution is 0.0950.